The molecule has 0 bridgehead atoms. The van der Waals surface area contributed by atoms with Crippen LogP contribution in [0.3, 0.4) is 0 Å². The van der Waals surface area contributed by atoms with Crippen molar-refractivity contribution in [1.29, 1.82) is 0 Å². The van der Waals surface area contributed by atoms with Crippen molar-refractivity contribution in [2.24, 2.45) is 11.0 Å². The quantitative estimate of drug-likeness (QED) is 0.593. The molecule has 0 aromatic rings. The molecule has 0 aromatic heterocycles. The third kappa shape index (κ3) is 3.40. The Kier molecular flexibility index (Phi) is 4.81. The molecule has 1 heterocycles. The van der Waals surface area contributed by atoms with Crippen molar-refractivity contribution in [2.75, 3.05) is 0 Å². The lowest BCUT2D eigenvalue weighted by atomic mass is 9.99. The van der Waals surface area contributed by atoms with Gasteiger partial charge in [0.25, 0.3) is 5.72 Å². The number of halogens is 4. The number of alkyl halides is 3. The van der Waals surface area contributed by atoms with Crippen LogP contribution in [-0.4, -0.2) is 38.9 Å². The molecule has 128 valence electrons. The van der Waals surface area contributed by atoms with Crippen molar-refractivity contribution >= 4 is 23.0 Å². The summed E-state index contributed by atoms with van der Waals surface area (Å²) in [6, 6.07) is -0.872. The van der Waals surface area contributed by atoms with E-state index in [0.29, 0.717) is 5.01 Å². The summed E-state index contributed by atoms with van der Waals surface area (Å²) in [7, 11) is 0. The molecule has 0 saturated heterocycles. The van der Waals surface area contributed by atoms with E-state index >= 15 is 0 Å². The molecular formula is C14H17F4N3OS. The van der Waals surface area contributed by atoms with Gasteiger partial charge in [-0.1, -0.05) is 26.0 Å². The Labute approximate surface area is 136 Å². The molecule has 1 aliphatic heterocycles. The first kappa shape index (κ1) is 17.9. The lowest BCUT2D eigenvalue weighted by molar-refractivity contribution is -0.294. The molecule has 0 radical (unpaired) electrons. The topological polar surface area (TPSA) is 47.9 Å². The van der Waals surface area contributed by atoms with E-state index in [1.165, 1.54) is 12.2 Å². The Morgan fingerprint density at radius 3 is 2.70 bits per heavy atom. The fourth-order valence-corrected chi connectivity index (χ4v) is 2.60. The third-order valence-electron chi connectivity index (χ3n) is 3.71. The van der Waals surface area contributed by atoms with Gasteiger partial charge in [-0.15, -0.1) is 0 Å². The van der Waals surface area contributed by atoms with E-state index in [4.69, 9.17) is 12.2 Å². The number of thiocarbonyl (C=S) groups is 1. The van der Waals surface area contributed by atoms with Crippen molar-refractivity contribution in [2.45, 2.75) is 44.6 Å². The highest BCUT2D eigenvalue weighted by Gasteiger charge is 2.62. The van der Waals surface area contributed by atoms with E-state index in [0.717, 1.165) is 0 Å². The zero-order valence-corrected chi connectivity index (χ0v) is 13.4. The average molecular weight is 351 g/mol. The maximum atomic E-state index is 13.7. The molecule has 0 aromatic carbocycles. The van der Waals surface area contributed by atoms with Gasteiger partial charge in [0.2, 0.25) is 0 Å². The molecule has 2 rings (SSSR count). The van der Waals surface area contributed by atoms with Crippen molar-refractivity contribution in [3.63, 3.8) is 0 Å². The smallest absolute Gasteiger partial charge is 0.362 e. The van der Waals surface area contributed by atoms with E-state index in [2.05, 4.69) is 10.4 Å². The summed E-state index contributed by atoms with van der Waals surface area (Å²) < 4.78 is 53.6. The summed E-state index contributed by atoms with van der Waals surface area (Å²) in [5.74, 6) is -0.830. The minimum absolute atomic E-state index is 0.175. The average Bonchev–Trinajstić information content (AvgIpc) is 2.80. The van der Waals surface area contributed by atoms with Crippen LogP contribution < -0.4 is 5.32 Å². The van der Waals surface area contributed by atoms with Crippen molar-refractivity contribution in [3.8, 4) is 0 Å². The fourth-order valence-electron chi connectivity index (χ4n) is 2.27. The van der Waals surface area contributed by atoms with Crippen LogP contribution in [0.1, 0.15) is 26.7 Å². The SMILES string of the molecule is CC(C)C1=NN(C(=S)NC2CC=CC=C2F)C(O)(C(F)(F)F)C1. The van der Waals surface area contributed by atoms with Crippen LogP contribution in [0.4, 0.5) is 17.6 Å². The number of allylic oxidation sites excluding steroid dienone is 2. The van der Waals surface area contributed by atoms with E-state index in [9.17, 15) is 22.7 Å². The molecule has 2 N–H and O–H groups in total. The molecule has 0 fully saturated rings. The zero-order chi connectivity index (χ0) is 17.4. The molecule has 0 spiro atoms. The Bertz CT molecular complexity index is 585. The number of nitrogens with one attached hydrogen (secondary N) is 1. The minimum Gasteiger partial charge on any atom is -0.362 e. The molecule has 2 atom stereocenters. The molecule has 9 heteroatoms. The van der Waals surface area contributed by atoms with Gasteiger partial charge < -0.3 is 10.4 Å². The van der Waals surface area contributed by atoms with E-state index in [-0.39, 0.29) is 18.1 Å². The van der Waals surface area contributed by atoms with Crippen LogP contribution in [0.5, 0.6) is 0 Å². The van der Waals surface area contributed by atoms with E-state index < -0.39 is 35.3 Å². The molecule has 2 unspecified atom stereocenters. The second-order valence-corrected chi connectivity index (χ2v) is 6.15. The fraction of sp³-hybridized carbons (Fsp3) is 0.571. The summed E-state index contributed by atoms with van der Waals surface area (Å²) in [5.41, 5.74) is -3.05. The summed E-state index contributed by atoms with van der Waals surface area (Å²) >= 11 is 4.93. The Morgan fingerprint density at radius 2 is 2.17 bits per heavy atom. The first-order valence-electron chi connectivity index (χ1n) is 7.05. The van der Waals surface area contributed by atoms with Gasteiger partial charge >= 0.3 is 6.18 Å². The number of aliphatic hydroxyl groups is 1. The summed E-state index contributed by atoms with van der Waals surface area (Å²) in [6.45, 7) is 3.34. The van der Waals surface area contributed by atoms with Crippen LogP contribution in [0.15, 0.2) is 29.2 Å². The second-order valence-electron chi connectivity index (χ2n) is 5.77. The lowest BCUT2D eigenvalue weighted by Gasteiger charge is -2.35. The second kappa shape index (κ2) is 6.20. The van der Waals surface area contributed by atoms with Crippen LogP contribution in [0.25, 0.3) is 0 Å². The van der Waals surface area contributed by atoms with Crippen molar-refractivity contribution in [1.82, 2.24) is 10.3 Å². The maximum absolute atomic E-state index is 13.7. The van der Waals surface area contributed by atoms with Gasteiger partial charge in [-0.05, 0) is 30.6 Å². The number of hydrogen-bond acceptors (Lipinski definition) is 3. The molecule has 4 nitrogen and oxygen atoms in total. The van der Waals surface area contributed by atoms with Gasteiger partial charge in [-0.2, -0.15) is 23.3 Å². The third-order valence-corrected chi connectivity index (χ3v) is 4.00. The highest BCUT2D eigenvalue weighted by molar-refractivity contribution is 7.80. The largest absolute Gasteiger partial charge is 0.438 e. The van der Waals surface area contributed by atoms with Gasteiger partial charge in [0.05, 0.1) is 6.04 Å². The minimum atomic E-state index is -4.96. The predicted octanol–water partition coefficient (Wildman–Crippen LogP) is 3.01. The van der Waals surface area contributed by atoms with Crippen molar-refractivity contribution in [3.05, 3.63) is 24.1 Å². The number of nitrogens with zero attached hydrogens (tertiary/aromatic N) is 2. The normalized spacial score (nSPS) is 28.0. The van der Waals surface area contributed by atoms with Crippen LogP contribution in [-0.2, 0) is 0 Å². The highest BCUT2D eigenvalue weighted by atomic mass is 32.1. The Morgan fingerprint density at radius 1 is 1.52 bits per heavy atom. The predicted molar refractivity (Wildman–Crippen MR) is 82.2 cm³/mol. The summed E-state index contributed by atoms with van der Waals surface area (Å²) in [5, 5.41) is 16.3. The van der Waals surface area contributed by atoms with Gasteiger partial charge in [0.15, 0.2) is 5.11 Å². The van der Waals surface area contributed by atoms with E-state index in [1.54, 1.807) is 19.9 Å². The number of hydrazone groups is 1. The van der Waals surface area contributed by atoms with Crippen LogP contribution in [0.2, 0.25) is 0 Å². The van der Waals surface area contributed by atoms with Crippen molar-refractivity contribution < 1.29 is 22.7 Å². The van der Waals surface area contributed by atoms with Gasteiger partial charge in [-0.25, -0.2) is 4.39 Å². The zero-order valence-electron chi connectivity index (χ0n) is 12.6. The standard InChI is InChI=1S/C14H17F4N3OS/c1-8(2)11-7-13(22,14(16,17)18)21(20-11)12(23)19-10-6-4-3-5-9(10)15/h3-5,8,10,22H,6-7H2,1-2H3,(H,19,23). The van der Waals surface area contributed by atoms with Crippen LogP contribution in [0, 0.1) is 5.92 Å². The monoisotopic (exact) mass is 351 g/mol. The van der Waals surface area contributed by atoms with Crippen LogP contribution >= 0.6 is 12.2 Å². The highest BCUT2D eigenvalue weighted by Crippen LogP contribution is 2.41. The Balaban J connectivity index is 2.24. The number of hydrogen-bond donors (Lipinski definition) is 2. The first-order valence-corrected chi connectivity index (χ1v) is 7.46. The molecule has 2 aliphatic rings. The Hall–Kier alpha value is -1.48. The maximum Gasteiger partial charge on any atom is 0.438 e. The lowest BCUT2D eigenvalue weighted by Crippen LogP contribution is -2.59. The molecule has 1 aliphatic carbocycles. The summed E-state index contributed by atoms with van der Waals surface area (Å²) in [6.07, 6.45) is -1.05. The molecular weight excluding hydrogens is 334 g/mol. The van der Waals surface area contributed by atoms with Gasteiger partial charge in [0.1, 0.15) is 5.83 Å². The molecule has 0 saturated carbocycles. The van der Waals surface area contributed by atoms with Gasteiger partial charge in [-0.3, -0.25) is 0 Å². The molecule has 23 heavy (non-hydrogen) atoms. The summed E-state index contributed by atoms with van der Waals surface area (Å²) in [4.78, 5) is 0. The van der Waals surface area contributed by atoms with Gasteiger partial charge in [0, 0.05) is 12.1 Å². The van der Waals surface area contributed by atoms with E-state index in [1.807, 2.05) is 0 Å². The molecule has 0 amide bonds. The first-order chi connectivity index (χ1) is 10.6. The number of rotatable bonds is 2.